The van der Waals surface area contributed by atoms with Gasteiger partial charge in [0.1, 0.15) is 5.82 Å². The van der Waals surface area contributed by atoms with E-state index in [2.05, 4.69) is 21.7 Å². The fraction of sp³-hybridized carbons (Fsp3) is 0.133. The van der Waals surface area contributed by atoms with E-state index in [0.29, 0.717) is 0 Å². The van der Waals surface area contributed by atoms with Gasteiger partial charge in [-0.2, -0.15) is 0 Å². The standard InChI is InChI=1S/C15H12Cl2N2S/c1-10-18-6-7-19(10)9-12-3-2-11(8-13(12)16)14-4-5-15(17)20-14/h2-8H,9H2,1H3. The van der Waals surface area contributed by atoms with Gasteiger partial charge in [-0.15, -0.1) is 11.3 Å². The van der Waals surface area contributed by atoms with Crippen molar-refractivity contribution in [3.8, 4) is 10.4 Å². The lowest BCUT2D eigenvalue weighted by atomic mass is 10.1. The molecule has 0 bridgehead atoms. The van der Waals surface area contributed by atoms with Crippen molar-refractivity contribution in [2.45, 2.75) is 13.5 Å². The van der Waals surface area contributed by atoms with E-state index >= 15 is 0 Å². The van der Waals surface area contributed by atoms with E-state index in [0.717, 1.165) is 37.7 Å². The molecule has 0 amide bonds. The van der Waals surface area contributed by atoms with Crippen LogP contribution in [0.1, 0.15) is 11.4 Å². The van der Waals surface area contributed by atoms with Crippen molar-refractivity contribution in [1.29, 1.82) is 0 Å². The molecule has 0 spiro atoms. The summed E-state index contributed by atoms with van der Waals surface area (Å²) in [7, 11) is 0. The van der Waals surface area contributed by atoms with Crippen LogP contribution in [-0.2, 0) is 6.54 Å². The smallest absolute Gasteiger partial charge is 0.105 e. The van der Waals surface area contributed by atoms with Gasteiger partial charge < -0.3 is 4.57 Å². The first-order valence-electron chi connectivity index (χ1n) is 6.15. The second-order valence-corrected chi connectivity index (χ2v) is 6.63. The third kappa shape index (κ3) is 2.75. The molecule has 0 aliphatic carbocycles. The summed E-state index contributed by atoms with van der Waals surface area (Å²) >= 11 is 13.9. The second-order valence-electron chi connectivity index (χ2n) is 4.51. The Labute approximate surface area is 131 Å². The summed E-state index contributed by atoms with van der Waals surface area (Å²) < 4.78 is 2.86. The molecule has 0 radical (unpaired) electrons. The highest BCUT2D eigenvalue weighted by Crippen LogP contribution is 2.33. The topological polar surface area (TPSA) is 17.8 Å². The number of aryl methyl sites for hydroxylation is 1. The molecule has 102 valence electrons. The summed E-state index contributed by atoms with van der Waals surface area (Å²) in [6.45, 7) is 2.71. The van der Waals surface area contributed by atoms with Crippen LogP contribution in [0.25, 0.3) is 10.4 Å². The number of halogens is 2. The molecular weight excluding hydrogens is 311 g/mol. The molecule has 0 saturated carbocycles. The van der Waals surface area contributed by atoms with E-state index in [-0.39, 0.29) is 0 Å². The minimum Gasteiger partial charge on any atom is -0.331 e. The van der Waals surface area contributed by atoms with Crippen molar-refractivity contribution in [2.24, 2.45) is 0 Å². The van der Waals surface area contributed by atoms with Gasteiger partial charge in [0.15, 0.2) is 0 Å². The Morgan fingerprint density at radius 3 is 2.65 bits per heavy atom. The van der Waals surface area contributed by atoms with Crippen LogP contribution in [-0.4, -0.2) is 9.55 Å². The summed E-state index contributed by atoms with van der Waals surface area (Å²) in [5, 5.41) is 0.764. The second kappa shape index (κ2) is 5.60. The summed E-state index contributed by atoms with van der Waals surface area (Å²) in [5.41, 5.74) is 2.18. The summed E-state index contributed by atoms with van der Waals surface area (Å²) in [6, 6.07) is 10.0. The van der Waals surface area contributed by atoms with Crippen molar-refractivity contribution in [3.05, 3.63) is 63.5 Å². The fourth-order valence-corrected chi connectivity index (χ4v) is 3.33. The van der Waals surface area contributed by atoms with Gasteiger partial charge in [-0.25, -0.2) is 4.98 Å². The number of hydrogen-bond acceptors (Lipinski definition) is 2. The van der Waals surface area contributed by atoms with Crippen molar-refractivity contribution in [2.75, 3.05) is 0 Å². The molecule has 5 heteroatoms. The Kier molecular flexibility index (Phi) is 3.83. The maximum atomic E-state index is 6.39. The van der Waals surface area contributed by atoms with E-state index in [4.69, 9.17) is 23.2 Å². The number of benzene rings is 1. The Bertz CT molecular complexity index is 746. The maximum Gasteiger partial charge on any atom is 0.105 e. The summed E-state index contributed by atoms with van der Waals surface area (Å²) in [5.74, 6) is 0.982. The third-order valence-corrected chi connectivity index (χ3v) is 4.81. The number of hydrogen-bond donors (Lipinski definition) is 0. The zero-order valence-electron chi connectivity index (χ0n) is 10.8. The molecule has 0 aliphatic rings. The molecular formula is C15H12Cl2N2S. The van der Waals surface area contributed by atoms with E-state index in [1.54, 1.807) is 17.5 Å². The molecule has 2 nitrogen and oxygen atoms in total. The van der Waals surface area contributed by atoms with Crippen molar-refractivity contribution in [1.82, 2.24) is 9.55 Å². The van der Waals surface area contributed by atoms with Gasteiger partial charge in [0, 0.05) is 22.3 Å². The normalized spacial score (nSPS) is 10.9. The number of nitrogens with zero attached hydrogens (tertiary/aromatic N) is 2. The molecule has 0 aliphatic heterocycles. The molecule has 3 rings (SSSR count). The SMILES string of the molecule is Cc1nccn1Cc1ccc(-c2ccc(Cl)s2)cc1Cl. The summed E-state index contributed by atoms with van der Waals surface area (Å²) in [4.78, 5) is 5.34. The zero-order valence-corrected chi connectivity index (χ0v) is 13.1. The predicted octanol–water partition coefficient (Wildman–Crippen LogP) is 5.28. The molecule has 0 fully saturated rings. The quantitative estimate of drug-likeness (QED) is 0.641. The van der Waals surface area contributed by atoms with E-state index in [1.165, 1.54) is 0 Å². The van der Waals surface area contributed by atoms with Gasteiger partial charge in [0.2, 0.25) is 0 Å². The first kappa shape index (κ1) is 13.7. The number of thiophene rings is 1. The first-order valence-corrected chi connectivity index (χ1v) is 7.72. The van der Waals surface area contributed by atoms with Crippen molar-refractivity contribution < 1.29 is 0 Å². The number of rotatable bonds is 3. The maximum absolute atomic E-state index is 6.39. The molecule has 2 aromatic heterocycles. The molecule has 0 unspecified atom stereocenters. The number of imidazole rings is 1. The Morgan fingerprint density at radius 2 is 2.05 bits per heavy atom. The minimum absolute atomic E-state index is 0.732. The minimum atomic E-state index is 0.732. The predicted molar refractivity (Wildman–Crippen MR) is 85.8 cm³/mol. The summed E-state index contributed by atoms with van der Waals surface area (Å²) in [6.07, 6.45) is 3.75. The molecule has 1 aromatic carbocycles. The van der Waals surface area contributed by atoms with Crippen molar-refractivity contribution in [3.63, 3.8) is 0 Å². The van der Waals surface area contributed by atoms with Crippen LogP contribution in [0.2, 0.25) is 9.36 Å². The third-order valence-electron chi connectivity index (χ3n) is 3.18. The van der Waals surface area contributed by atoms with Crippen LogP contribution in [0, 0.1) is 6.92 Å². The van der Waals surface area contributed by atoms with Crippen LogP contribution in [0.3, 0.4) is 0 Å². The van der Waals surface area contributed by atoms with Gasteiger partial charge in [-0.05, 0) is 36.2 Å². The monoisotopic (exact) mass is 322 g/mol. The zero-order chi connectivity index (χ0) is 14.1. The molecule has 3 aromatic rings. The average Bonchev–Trinajstić information content (AvgIpc) is 3.02. The molecule has 0 N–H and O–H groups in total. The lowest BCUT2D eigenvalue weighted by molar-refractivity contribution is 0.762. The van der Waals surface area contributed by atoms with Crippen LogP contribution >= 0.6 is 34.5 Å². The Hall–Kier alpha value is -1.29. The van der Waals surface area contributed by atoms with Gasteiger partial charge in [0.05, 0.1) is 10.9 Å². The van der Waals surface area contributed by atoms with Crippen LogP contribution in [0.15, 0.2) is 42.7 Å². The van der Waals surface area contributed by atoms with Gasteiger partial charge >= 0.3 is 0 Å². The van der Waals surface area contributed by atoms with Crippen LogP contribution < -0.4 is 0 Å². The Balaban J connectivity index is 1.90. The number of aromatic nitrogens is 2. The Morgan fingerprint density at radius 1 is 1.20 bits per heavy atom. The average molecular weight is 323 g/mol. The molecule has 0 saturated heterocycles. The first-order chi connectivity index (χ1) is 9.63. The van der Waals surface area contributed by atoms with Gasteiger partial charge in [-0.3, -0.25) is 0 Å². The highest BCUT2D eigenvalue weighted by Gasteiger charge is 2.07. The van der Waals surface area contributed by atoms with E-state index in [1.807, 2.05) is 31.3 Å². The van der Waals surface area contributed by atoms with Crippen molar-refractivity contribution >= 4 is 34.5 Å². The lowest BCUT2D eigenvalue weighted by Gasteiger charge is -2.08. The van der Waals surface area contributed by atoms with Gasteiger partial charge in [-0.1, -0.05) is 35.3 Å². The van der Waals surface area contributed by atoms with E-state index < -0.39 is 0 Å². The molecule has 2 heterocycles. The highest BCUT2D eigenvalue weighted by atomic mass is 35.5. The van der Waals surface area contributed by atoms with Crippen LogP contribution in [0.4, 0.5) is 0 Å². The lowest BCUT2D eigenvalue weighted by Crippen LogP contribution is -2.01. The van der Waals surface area contributed by atoms with Gasteiger partial charge in [0.25, 0.3) is 0 Å². The largest absolute Gasteiger partial charge is 0.331 e. The van der Waals surface area contributed by atoms with Crippen LogP contribution in [0.5, 0.6) is 0 Å². The van der Waals surface area contributed by atoms with E-state index in [9.17, 15) is 0 Å². The highest BCUT2D eigenvalue weighted by molar-refractivity contribution is 7.19. The molecule has 0 atom stereocenters. The molecule has 20 heavy (non-hydrogen) atoms. The fourth-order valence-electron chi connectivity index (χ4n) is 2.05.